The van der Waals surface area contributed by atoms with E-state index in [2.05, 4.69) is 174 Å². The van der Waals surface area contributed by atoms with E-state index in [9.17, 15) is 0 Å². The normalized spacial score (nSPS) is 14.9. The predicted molar refractivity (Wildman–Crippen MR) is 208 cm³/mol. The zero-order chi connectivity index (χ0) is 33.9. The highest BCUT2D eigenvalue weighted by Gasteiger charge is 2.31. The van der Waals surface area contributed by atoms with Crippen molar-refractivity contribution in [1.29, 1.82) is 0 Å². The van der Waals surface area contributed by atoms with Crippen LogP contribution in [0.1, 0.15) is 47.7 Å². The van der Waals surface area contributed by atoms with Crippen LogP contribution in [0, 0.1) is 0 Å². The monoisotopic (exact) mass is 654 g/mol. The van der Waals surface area contributed by atoms with Crippen molar-refractivity contribution in [3.05, 3.63) is 213 Å². The Morgan fingerprint density at radius 3 is 1.73 bits per heavy atom. The molecule has 51 heavy (non-hydrogen) atoms. The fourth-order valence-corrected chi connectivity index (χ4v) is 8.12. The first-order valence-corrected chi connectivity index (χ1v) is 17.8. The van der Waals surface area contributed by atoms with Crippen molar-refractivity contribution in [2.75, 3.05) is 0 Å². The van der Waals surface area contributed by atoms with Crippen LogP contribution in [0.2, 0.25) is 0 Å². The van der Waals surface area contributed by atoms with Gasteiger partial charge in [0.15, 0.2) is 0 Å². The average Bonchev–Trinajstić information content (AvgIpc) is 4.02. The van der Waals surface area contributed by atoms with Crippen LogP contribution < -0.4 is 16.2 Å². The molecule has 4 aromatic carbocycles. The van der Waals surface area contributed by atoms with Crippen molar-refractivity contribution in [3.8, 4) is 11.1 Å². The summed E-state index contributed by atoms with van der Waals surface area (Å²) >= 11 is 0. The fourth-order valence-electron chi connectivity index (χ4n) is 8.12. The molecule has 0 radical (unpaired) electrons. The first kappa shape index (κ1) is 29.4. The van der Waals surface area contributed by atoms with Gasteiger partial charge in [0.25, 0.3) is 0 Å². The maximum absolute atomic E-state index is 5.72. The molecule has 0 spiro atoms. The van der Waals surface area contributed by atoms with Gasteiger partial charge in [-0.15, -0.1) is 0 Å². The Morgan fingerprint density at radius 1 is 0.529 bits per heavy atom. The zero-order valence-electron chi connectivity index (χ0n) is 28.3. The second kappa shape index (κ2) is 11.8. The molecule has 0 fully saturated rings. The summed E-state index contributed by atoms with van der Waals surface area (Å²) in [5, 5.41) is 2.05. The molecular weight excluding hydrogens is 621 g/mol. The number of rotatable bonds is 6. The Balaban J connectivity index is 1.43. The van der Waals surface area contributed by atoms with Gasteiger partial charge >= 0.3 is 0 Å². The number of fused-ring (bicyclic) bond motifs is 4. The van der Waals surface area contributed by atoms with Crippen molar-refractivity contribution in [1.82, 2.24) is 9.38 Å². The summed E-state index contributed by atoms with van der Waals surface area (Å²) in [5.74, 6) is 0. The summed E-state index contributed by atoms with van der Waals surface area (Å²) in [4.78, 5) is 15.1. The summed E-state index contributed by atoms with van der Waals surface area (Å²) < 4.78 is 2.40. The Kier molecular flexibility index (Phi) is 6.81. The molecule has 0 amide bonds. The van der Waals surface area contributed by atoms with E-state index in [1.807, 2.05) is 0 Å². The number of aliphatic imine (C=N–C) groups is 1. The maximum Gasteiger partial charge on any atom is 0.146 e. The van der Waals surface area contributed by atoms with Gasteiger partial charge in [0.05, 0.1) is 28.3 Å². The molecule has 6 bridgehead atoms. The third kappa shape index (κ3) is 4.60. The van der Waals surface area contributed by atoms with Crippen LogP contribution in [0.15, 0.2) is 179 Å². The van der Waals surface area contributed by atoms with E-state index >= 15 is 0 Å². The predicted octanol–water partition coefficient (Wildman–Crippen LogP) is 8.68. The Bertz CT molecular complexity index is 2810. The molecule has 6 heterocycles. The largest absolute Gasteiger partial charge is 0.354 e. The molecule has 3 aromatic heterocycles. The SMILES string of the molecule is CCCC1=C2N=c3c1c(-c1ccccc1)c1ccc(n31)C(c1ccccc1)=C1C=CC(=N1)C(c1ccccc1)=c1ccc([nH]1)=C2c1ccccc1. The van der Waals surface area contributed by atoms with Crippen LogP contribution >= 0.6 is 0 Å². The summed E-state index contributed by atoms with van der Waals surface area (Å²) in [6.45, 7) is 2.27. The van der Waals surface area contributed by atoms with E-state index in [1.54, 1.807) is 0 Å². The van der Waals surface area contributed by atoms with Crippen LogP contribution in [0.25, 0.3) is 38.9 Å². The van der Waals surface area contributed by atoms with Gasteiger partial charge in [-0.2, -0.15) is 0 Å². The standard InChI is InChI=1S/C47H34N4/c1-2-15-34-45-44(33-22-13-6-14-23-33)40-29-28-39-42(31-18-9-4-10-19-31)37-26-24-35(48-37)41(30-16-7-3-8-17-30)36-25-27-38(49-36)43(32-20-11-5-12-21-32)46(34)50-47(45)51(39)40/h3-14,16-29,49H,2,15H2,1H3. The molecule has 0 atom stereocenters. The second-order valence-corrected chi connectivity index (χ2v) is 13.3. The van der Waals surface area contributed by atoms with Gasteiger partial charge in [-0.25, -0.2) is 9.98 Å². The second-order valence-electron chi connectivity index (χ2n) is 13.3. The van der Waals surface area contributed by atoms with E-state index < -0.39 is 0 Å². The number of benzene rings is 4. The number of H-pyrrole nitrogens is 1. The number of hydrogen-bond acceptors (Lipinski definition) is 2. The molecule has 0 saturated carbocycles. The lowest BCUT2D eigenvalue weighted by Crippen LogP contribution is -2.20. The topological polar surface area (TPSA) is 44.9 Å². The maximum atomic E-state index is 5.72. The van der Waals surface area contributed by atoms with Crippen molar-refractivity contribution in [2.45, 2.75) is 19.8 Å². The molecule has 242 valence electrons. The third-order valence-corrected chi connectivity index (χ3v) is 10.2. The highest BCUT2D eigenvalue weighted by Crippen LogP contribution is 2.43. The lowest BCUT2D eigenvalue weighted by atomic mass is 9.91. The van der Waals surface area contributed by atoms with Crippen LogP contribution in [0.5, 0.6) is 0 Å². The molecule has 10 rings (SSSR count). The highest BCUT2D eigenvalue weighted by atomic mass is 15.0. The minimum absolute atomic E-state index is 0.905. The van der Waals surface area contributed by atoms with Gasteiger partial charge in [-0.05, 0) is 70.7 Å². The van der Waals surface area contributed by atoms with Crippen LogP contribution in [0.4, 0.5) is 0 Å². The van der Waals surface area contributed by atoms with E-state index in [-0.39, 0.29) is 0 Å². The summed E-state index contributed by atoms with van der Waals surface area (Å²) in [6.07, 6.45) is 6.25. The highest BCUT2D eigenvalue weighted by molar-refractivity contribution is 6.30. The van der Waals surface area contributed by atoms with E-state index in [0.29, 0.717) is 0 Å². The van der Waals surface area contributed by atoms with Gasteiger partial charge in [-0.3, -0.25) is 4.40 Å². The summed E-state index contributed by atoms with van der Waals surface area (Å²) in [5.41, 5.74) is 17.7. The number of nitrogens with one attached hydrogen (secondary N) is 1. The van der Waals surface area contributed by atoms with Crippen molar-refractivity contribution in [2.24, 2.45) is 9.98 Å². The van der Waals surface area contributed by atoms with Crippen LogP contribution in [-0.4, -0.2) is 15.1 Å². The van der Waals surface area contributed by atoms with Gasteiger partial charge < -0.3 is 4.98 Å². The number of nitrogens with zero attached hydrogens (tertiary/aromatic N) is 3. The van der Waals surface area contributed by atoms with Crippen LogP contribution in [-0.2, 0) is 0 Å². The Morgan fingerprint density at radius 2 is 1.10 bits per heavy atom. The van der Waals surface area contributed by atoms with Crippen molar-refractivity contribution < 1.29 is 0 Å². The van der Waals surface area contributed by atoms with E-state index in [4.69, 9.17) is 9.98 Å². The van der Waals surface area contributed by atoms with Crippen molar-refractivity contribution >= 4 is 33.5 Å². The first-order valence-electron chi connectivity index (χ1n) is 17.8. The molecule has 0 aliphatic carbocycles. The number of allylic oxidation sites excluding steroid dienone is 4. The minimum atomic E-state index is 0.905. The van der Waals surface area contributed by atoms with Crippen molar-refractivity contribution in [3.63, 3.8) is 0 Å². The minimum Gasteiger partial charge on any atom is -0.354 e. The fraction of sp³-hybridized carbons (Fsp3) is 0.0638. The molecule has 4 heteroatoms. The smallest absolute Gasteiger partial charge is 0.146 e. The van der Waals surface area contributed by atoms with Crippen LogP contribution in [0.3, 0.4) is 0 Å². The Hall–Kier alpha value is -6.52. The molecule has 0 saturated heterocycles. The molecule has 7 aromatic rings. The van der Waals surface area contributed by atoms with Gasteiger partial charge in [0.1, 0.15) is 5.49 Å². The first-order chi connectivity index (χ1) is 25.3. The third-order valence-electron chi connectivity index (χ3n) is 10.2. The van der Waals surface area contributed by atoms with E-state index in [1.165, 1.54) is 22.3 Å². The summed E-state index contributed by atoms with van der Waals surface area (Å²) in [6, 6.07) is 51.8. The molecular formula is C47H34N4. The van der Waals surface area contributed by atoms with Gasteiger partial charge in [0.2, 0.25) is 0 Å². The lowest BCUT2D eigenvalue weighted by Gasteiger charge is -2.13. The van der Waals surface area contributed by atoms with Gasteiger partial charge in [0, 0.05) is 38.5 Å². The number of aromatic nitrogens is 2. The molecule has 1 N–H and O–H groups in total. The van der Waals surface area contributed by atoms with E-state index in [0.717, 1.165) is 90.8 Å². The Labute approximate surface area is 296 Å². The quantitative estimate of drug-likeness (QED) is 0.187. The molecule has 0 unspecified atom stereocenters. The average molecular weight is 655 g/mol. The molecule has 3 aliphatic rings. The summed E-state index contributed by atoms with van der Waals surface area (Å²) in [7, 11) is 0. The number of aromatic amines is 1. The number of hydrogen-bond donors (Lipinski definition) is 1. The van der Waals surface area contributed by atoms with Gasteiger partial charge in [-0.1, -0.05) is 135 Å². The molecule has 4 nitrogen and oxygen atoms in total. The zero-order valence-corrected chi connectivity index (χ0v) is 28.3. The lowest BCUT2D eigenvalue weighted by molar-refractivity contribution is 0.971. The molecule has 3 aliphatic heterocycles.